The number of carbonyl (C=O) groups excluding carboxylic acids is 1. The SMILES string of the molecule is COCCCCCNC(=O)c1occc1C(=O)O. The number of furan rings is 1. The van der Waals surface area contributed by atoms with Crippen molar-refractivity contribution < 1.29 is 23.8 Å². The maximum absolute atomic E-state index is 11.6. The molecule has 1 aromatic heterocycles. The molecule has 0 bridgehead atoms. The van der Waals surface area contributed by atoms with Crippen LogP contribution in [0.3, 0.4) is 0 Å². The van der Waals surface area contributed by atoms with Gasteiger partial charge in [-0.2, -0.15) is 0 Å². The molecule has 0 radical (unpaired) electrons. The molecule has 0 aromatic carbocycles. The van der Waals surface area contributed by atoms with Crippen molar-refractivity contribution in [2.75, 3.05) is 20.3 Å². The van der Waals surface area contributed by atoms with E-state index in [1.165, 1.54) is 12.3 Å². The third kappa shape index (κ3) is 4.21. The van der Waals surface area contributed by atoms with Crippen LogP contribution in [-0.2, 0) is 4.74 Å². The van der Waals surface area contributed by atoms with E-state index in [9.17, 15) is 9.59 Å². The van der Waals surface area contributed by atoms with E-state index < -0.39 is 11.9 Å². The second-order valence-corrected chi connectivity index (χ2v) is 3.78. The minimum Gasteiger partial charge on any atom is -0.478 e. The van der Waals surface area contributed by atoms with Crippen molar-refractivity contribution in [2.45, 2.75) is 19.3 Å². The molecule has 1 rings (SSSR count). The van der Waals surface area contributed by atoms with Crippen molar-refractivity contribution in [3.05, 3.63) is 23.7 Å². The second kappa shape index (κ2) is 7.50. The molecule has 18 heavy (non-hydrogen) atoms. The summed E-state index contributed by atoms with van der Waals surface area (Å²) in [5.74, 6) is -1.82. The smallest absolute Gasteiger partial charge is 0.339 e. The molecular weight excluding hydrogens is 238 g/mol. The maximum Gasteiger partial charge on any atom is 0.339 e. The molecule has 0 aliphatic rings. The van der Waals surface area contributed by atoms with Gasteiger partial charge in [-0.1, -0.05) is 0 Å². The van der Waals surface area contributed by atoms with Crippen molar-refractivity contribution in [3.8, 4) is 0 Å². The summed E-state index contributed by atoms with van der Waals surface area (Å²) in [6.45, 7) is 1.19. The van der Waals surface area contributed by atoms with Gasteiger partial charge < -0.3 is 19.6 Å². The quantitative estimate of drug-likeness (QED) is 0.687. The molecule has 0 aliphatic heterocycles. The summed E-state index contributed by atoms with van der Waals surface area (Å²) in [6, 6.07) is 1.26. The number of unbranched alkanes of at least 4 members (excludes halogenated alkanes) is 2. The standard InChI is InChI=1S/C12H17NO5/c1-17-7-4-2-3-6-13-11(14)10-9(12(15)16)5-8-18-10/h5,8H,2-4,6-7H2,1H3,(H,13,14)(H,15,16). The van der Waals surface area contributed by atoms with E-state index >= 15 is 0 Å². The lowest BCUT2D eigenvalue weighted by atomic mass is 10.2. The fourth-order valence-electron chi connectivity index (χ4n) is 1.48. The first-order valence-corrected chi connectivity index (χ1v) is 5.74. The molecule has 100 valence electrons. The summed E-state index contributed by atoms with van der Waals surface area (Å²) in [5.41, 5.74) is -0.119. The molecule has 1 amide bonds. The van der Waals surface area contributed by atoms with Crippen LogP contribution in [-0.4, -0.2) is 37.2 Å². The van der Waals surface area contributed by atoms with E-state index in [0.717, 1.165) is 19.3 Å². The van der Waals surface area contributed by atoms with Crippen LogP contribution in [0.2, 0.25) is 0 Å². The fraction of sp³-hybridized carbons (Fsp3) is 0.500. The Morgan fingerprint density at radius 1 is 1.39 bits per heavy atom. The van der Waals surface area contributed by atoms with E-state index in [-0.39, 0.29) is 11.3 Å². The van der Waals surface area contributed by atoms with Crippen molar-refractivity contribution in [1.29, 1.82) is 0 Å². The summed E-state index contributed by atoms with van der Waals surface area (Å²) in [7, 11) is 1.64. The van der Waals surface area contributed by atoms with Gasteiger partial charge in [-0.05, 0) is 25.3 Å². The number of carboxylic acids is 1. The van der Waals surface area contributed by atoms with Gasteiger partial charge in [0.15, 0.2) is 0 Å². The van der Waals surface area contributed by atoms with E-state index in [4.69, 9.17) is 14.3 Å². The van der Waals surface area contributed by atoms with Crippen molar-refractivity contribution in [1.82, 2.24) is 5.32 Å². The average Bonchev–Trinajstić information content (AvgIpc) is 2.82. The number of hydrogen-bond donors (Lipinski definition) is 2. The minimum absolute atomic E-state index is 0.119. The second-order valence-electron chi connectivity index (χ2n) is 3.78. The first kappa shape index (κ1) is 14.2. The number of nitrogens with one attached hydrogen (secondary N) is 1. The summed E-state index contributed by atoms with van der Waals surface area (Å²) < 4.78 is 9.77. The number of aromatic carboxylic acids is 1. The molecule has 0 saturated carbocycles. The summed E-state index contributed by atoms with van der Waals surface area (Å²) in [5, 5.41) is 11.4. The lowest BCUT2D eigenvalue weighted by Crippen LogP contribution is -2.25. The Balaban J connectivity index is 2.32. The summed E-state index contributed by atoms with van der Waals surface area (Å²) in [4.78, 5) is 22.4. The maximum atomic E-state index is 11.6. The number of methoxy groups -OCH3 is 1. The first-order valence-electron chi connectivity index (χ1n) is 5.74. The highest BCUT2D eigenvalue weighted by Crippen LogP contribution is 2.10. The molecule has 0 fully saturated rings. The van der Waals surface area contributed by atoms with E-state index in [0.29, 0.717) is 13.2 Å². The topological polar surface area (TPSA) is 88.8 Å². The zero-order chi connectivity index (χ0) is 13.4. The van der Waals surface area contributed by atoms with Gasteiger partial charge in [0.05, 0.1) is 6.26 Å². The zero-order valence-corrected chi connectivity index (χ0v) is 10.3. The Labute approximate surface area is 105 Å². The molecular formula is C12H17NO5. The molecule has 6 nitrogen and oxygen atoms in total. The van der Waals surface area contributed by atoms with Gasteiger partial charge in [-0.25, -0.2) is 4.79 Å². The van der Waals surface area contributed by atoms with Gasteiger partial charge in [0.2, 0.25) is 5.76 Å². The first-order chi connectivity index (χ1) is 8.66. The fourth-order valence-corrected chi connectivity index (χ4v) is 1.48. The molecule has 0 spiro atoms. The number of rotatable bonds is 8. The summed E-state index contributed by atoms with van der Waals surface area (Å²) in [6.07, 6.45) is 3.89. The Morgan fingerprint density at radius 2 is 2.17 bits per heavy atom. The Morgan fingerprint density at radius 3 is 2.83 bits per heavy atom. The van der Waals surface area contributed by atoms with E-state index in [1.807, 2.05) is 0 Å². The van der Waals surface area contributed by atoms with Gasteiger partial charge in [0.25, 0.3) is 5.91 Å². The van der Waals surface area contributed by atoms with Crippen molar-refractivity contribution in [2.24, 2.45) is 0 Å². The van der Waals surface area contributed by atoms with Crippen molar-refractivity contribution in [3.63, 3.8) is 0 Å². The van der Waals surface area contributed by atoms with Crippen molar-refractivity contribution >= 4 is 11.9 Å². The zero-order valence-electron chi connectivity index (χ0n) is 10.3. The van der Waals surface area contributed by atoms with Gasteiger partial charge in [0, 0.05) is 20.3 Å². The highest BCUT2D eigenvalue weighted by atomic mass is 16.5. The predicted octanol–water partition coefficient (Wildman–Crippen LogP) is 1.52. The van der Waals surface area contributed by atoms with Gasteiger partial charge in [-0.3, -0.25) is 4.79 Å². The van der Waals surface area contributed by atoms with Crippen LogP contribution in [0.25, 0.3) is 0 Å². The normalized spacial score (nSPS) is 10.3. The molecule has 0 atom stereocenters. The van der Waals surface area contributed by atoms with Gasteiger partial charge >= 0.3 is 5.97 Å². The Kier molecular flexibility index (Phi) is 5.93. The highest BCUT2D eigenvalue weighted by molar-refractivity contribution is 6.02. The Hall–Kier alpha value is -1.82. The Bertz CT molecular complexity index is 399. The molecule has 6 heteroatoms. The van der Waals surface area contributed by atoms with Crippen LogP contribution in [0.1, 0.15) is 40.2 Å². The van der Waals surface area contributed by atoms with Crippen LogP contribution in [0.5, 0.6) is 0 Å². The minimum atomic E-state index is -1.17. The molecule has 0 saturated heterocycles. The molecule has 1 heterocycles. The highest BCUT2D eigenvalue weighted by Gasteiger charge is 2.19. The molecule has 2 N–H and O–H groups in total. The molecule has 1 aromatic rings. The van der Waals surface area contributed by atoms with Crippen LogP contribution in [0.4, 0.5) is 0 Å². The molecule has 0 unspecified atom stereocenters. The number of amides is 1. The number of ether oxygens (including phenoxy) is 1. The number of hydrogen-bond acceptors (Lipinski definition) is 4. The number of carbonyl (C=O) groups is 2. The third-order valence-electron chi connectivity index (χ3n) is 2.41. The molecule has 0 aliphatic carbocycles. The van der Waals surface area contributed by atoms with Crippen LogP contribution < -0.4 is 5.32 Å². The lowest BCUT2D eigenvalue weighted by Gasteiger charge is -2.03. The summed E-state index contributed by atoms with van der Waals surface area (Å²) >= 11 is 0. The average molecular weight is 255 g/mol. The lowest BCUT2D eigenvalue weighted by molar-refractivity contribution is 0.0688. The predicted molar refractivity (Wildman–Crippen MR) is 63.7 cm³/mol. The third-order valence-corrected chi connectivity index (χ3v) is 2.41. The van der Waals surface area contributed by atoms with Crippen LogP contribution in [0.15, 0.2) is 16.7 Å². The largest absolute Gasteiger partial charge is 0.478 e. The van der Waals surface area contributed by atoms with E-state index in [2.05, 4.69) is 5.32 Å². The number of carboxylic acid groups (broad SMARTS) is 1. The van der Waals surface area contributed by atoms with Gasteiger partial charge in [0.1, 0.15) is 5.56 Å². The monoisotopic (exact) mass is 255 g/mol. The van der Waals surface area contributed by atoms with Crippen LogP contribution in [0, 0.1) is 0 Å². The van der Waals surface area contributed by atoms with Crippen LogP contribution >= 0.6 is 0 Å². The van der Waals surface area contributed by atoms with E-state index in [1.54, 1.807) is 7.11 Å². The van der Waals surface area contributed by atoms with Gasteiger partial charge in [-0.15, -0.1) is 0 Å².